The number of nitrogens with one attached hydrogen (secondary N) is 1. The highest BCUT2D eigenvalue weighted by Gasteiger charge is 2.47. The van der Waals surface area contributed by atoms with Crippen molar-refractivity contribution in [1.82, 2.24) is 0 Å². The maximum absolute atomic E-state index is 12.2. The molecule has 18 heavy (non-hydrogen) atoms. The first kappa shape index (κ1) is 11.8. The van der Waals surface area contributed by atoms with Crippen molar-refractivity contribution in [2.45, 2.75) is 39.0 Å². The molecular weight excluding hydrogens is 222 g/mol. The zero-order valence-electron chi connectivity index (χ0n) is 11.0. The zero-order chi connectivity index (χ0) is 12.5. The second-order valence-electron chi connectivity index (χ2n) is 5.82. The highest BCUT2D eigenvalue weighted by molar-refractivity contribution is 5.93. The fourth-order valence-corrected chi connectivity index (χ4v) is 3.29. The van der Waals surface area contributed by atoms with Crippen LogP contribution >= 0.6 is 0 Å². The number of carbonyl (C=O) groups excluding carboxylic acids is 1. The van der Waals surface area contributed by atoms with Crippen LogP contribution in [0.25, 0.3) is 0 Å². The fraction of sp³-hybridized carbons (Fsp3) is 0.562. The van der Waals surface area contributed by atoms with Crippen LogP contribution in [0.4, 0.5) is 5.69 Å². The molecule has 0 radical (unpaired) electrons. The van der Waals surface area contributed by atoms with Gasteiger partial charge in [-0.15, -0.1) is 0 Å². The Morgan fingerprint density at radius 3 is 2.67 bits per heavy atom. The Morgan fingerprint density at radius 1 is 1.22 bits per heavy atom. The molecule has 2 unspecified atom stereocenters. The second-order valence-corrected chi connectivity index (χ2v) is 5.82. The van der Waals surface area contributed by atoms with Gasteiger partial charge in [-0.1, -0.05) is 31.5 Å². The SMILES string of the molecule is CCCc1ccccc1NC(=O)C1CC2CC2C1. The Labute approximate surface area is 109 Å². The van der Waals surface area contributed by atoms with E-state index in [4.69, 9.17) is 0 Å². The summed E-state index contributed by atoms with van der Waals surface area (Å²) >= 11 is 0. The van der Waals surface area contributed by atoms with Gasteiger partial charge in [-0.2, -0.15) is 0 Å². The molecule has 0 saturated heterocycles. The number of benzene rings is 1. The van der Waals surface area contributed by atoms with Crippen molar-refractivity contribution in [3.8, 4) is 0 Å². The smallest absolute Gasteiger partial charge is 0.227 e. The van der Waals surface area contributed by atoms with E-state index < -0.39 is 0 Å². The van der Waals surface area contributed by atoms with Gasteiger partial charge in [0, 0.05) is 11.6 Å². The Bertz CT molecular complexity index is 444. The molecule has 0 aromatic heterocycles. The number of aryl methyl sites for hydroxylation is 1. The number of para-hydroxylation sites is 1. The van der Waals surface area contributed by atoms with Crippen molar-refractivity contribution >= 4 is 11.6 Å². The molecule has 2 nitrogen and oxygen atoms in total. The Balaban J connectivity index is 1.66. The molecule has 0 bridgehead atoms. The van der Waals surface area contributed by atoms with Crippen molar-refractivity contribution in [1.29, 1.82) is 0 Å². The number of rotatable bonds is 4. The van der Waals surface area contributed by atoms with Gasteiger partial charge in [0.15, 0.2) is 0 Å². The van der Waals surface area contributed by atoms with Gasteiger partial charge >= 0.3 is 0 Å². The predicted octanol–water partition coefficient (Wildman–Crippen LogP) is 3.62. The minimum atomic E-state index is 0.241. The van der Waals surface area contributed by atoms with Crippen LogP contribution in [-0.4, -0.2) is 5.91 Å². The molecule has 96 valence electrons. The van der Waals surface area contributed by atoms with Gasteiger partial charge in [0.25, 0.3) is 0 Å². The van der Waals surface area contributed by atoms with Gasteiger partial charge in [-0.25, -0.2) is 0 Å². The van der Waals surface area contributed by atoms with Gasteiger partial charge in [0.1, 0.15) is 0 Å². The molecule has 2 atom stereocenters. The van der Waals surface area contributed by atoms with Crippen LogP contribution in [0.3, 0.4) is 0 Å². The van der Waals surface area contributed by atoms with E-state index in [0.29, 0.717) is 0 Å². The Hall–Kier alpha value is -1.31. The molecule has 2 heteroatoms. The van der Waals surface area contributed by atoms with Crippen molar-refractivity contribution in [2.24, 2.45) is 17.8 Å². The van der Waals surface area contributed by atoms with Crippen LogP contribution in [0.2, 0.25) is 0 Å². The van der Waals surface area contributed by atoms with Crippen molar-refractivity contribution in [3.63, 3.8) is 0 Å². The largest absolute Gasteiger partial charge is 0.326 e. The number of amides is 1. The van der Waals surface area contributed by atoms with E-state index in [0.717, 1.165) is 43.2 Å². The molecule has 2 aliphatic rings. The molecule has 0 heterocycles. The molecular formula is C16H21NO. The standard InChI is InChI=1S/C16H21NO/c1-2-5-11-6-3-4-7-15(11)17-16(18)14-9-12-8-13(12)10-14/h3-4,6-7,12-14H,2,5,8-10H2,1H3,(H,17,18). The van der Waals surface area contributed by atoms with Gasteiger partial charge in [0.2, 0.25) is 5.91 Å². The highest BCUT2D eigenvalue weighted by atomic mass is 16.1. The molecule has 1 N–H and O–H groups in total. The molecule has 2 aliphatic carbocycles. The highest BCUT2D eigenvalue weighted by Crippen LogP contribution is 2.54. The van der Waals surface area contributed by atoms with Gasteiger partial charge in [-0.3, -0.25) is 4.79 Å². The summed E-state index contributed by atoms with van der Waals surface area (Å²) in [7, 11) is 0. The first-order valence-corrected chi connectivity index (χ1v) is 7.16. The third-order valence-electron chi connectivity index (χ3n) is 4.41. The van der Waals surface area contributed by atoms with E-state index in [-0.39, 0.29) is 11.8 Å². The summed E-state index contributed by atoms with van der Waals surface area (Å²) in [6, 6.07) is 8.19. The van der Waals surface area contributed by atoms with Crippen LogP contribution in [0, 0.1) is 17.8 Å². The molecule has 1 aromatic rings. The van der Waals surface area contributed by atoms with Crippen LogP contribution in [0.1, 0.15) is 38.2 Å². The molecule has 1 aromatic carbocycles. The number of hydrogen-bond acceptors (Lipinski definition) is 1. The van der Waals surface area contributed by atoms with Crippen molar-refractivity contribution in [2.75, 3.05) is 5.32 Å². The zero-order valence-corrected chi connectivity index (χ0v) is 11.0. The average Bonchev–Trinajstić information content (AvgIpc) is 2.99. The van der Waals surface area contributed by atoms with E-state index in [9.17, 15) is 4.79 Å². The average molecular weight is 243 g/mol. The maximum Gasteiger partial charge on any atom is 0.227 e. The summed E-state index contributed by atoms with van der Waals surface area (Å²) in [5, 5.41) is 3.14. The number of carbonyl (C=O) groups is 1. The quantitative estimate of drug-likeness (QED) is 0.859. The van der Waals surface area contributed by atoms with Gasteiger partial charge < -0.3 is 5.32 Å². The number of anilines is 1. The third kappa shape index (κ3) is 2.29. The summed E-state index contributed by atoms with van der Waals surface area (Å²) in [6.07, 6.45) is 5.75. The van der Waals surface area contributed by atoms with E-state index in [2.05, 4.69) is 18.3 Å². The number of fused-ring (bicyclic) bond motifs is 1. The second kappa shape index (κ2) is 4.75. The molecule has 1 amide bonds. The lowest BCUT2D eigenvalue weighted by Crippen LogP contribution is -2.22. The molecule has 0 spiro atoms. The van der Waals surface area contributed by atoms with Crippen LogP contribution < -0.4 is 5.32 Å². The van der Waals surface area contributed by atoms with E-state index >= 15 is 0 Å². The summed E-state index contributed by atoms with van der Waals surface area (Å²) in [4.78, 5) is 12.2. The van der Waals surface area contributed by atoms with Gasteiger partial charge in [-0.05, 0) is 49.1 Å². The van der Waals surface area contributed by atoms with E-state index in [1.54, 1.807) is 0 Å². The third-order valence-corrected chi connectivity index (χ3v) is 4.41. The fourth-order valence-electron chi connectivity index (χ4n) is 3.29. The Morgan fingerprint density at radius 2 is 1.94 bits per heavy atom. The van der Waals surface area contributed by atoms with Gasteiger partial charge in [0.05, 0.1) is 0 Å². The maximum atomic E-state index is 12.2. The van der Waals surface area contributed by atoms with Crippen LogP contribution in [-0.2, 0) is 11.2 Å². The molecule has 2 fully saturated rings. The minimum Gasteiger partial charge on any atom is -0.326 e. The summed E-state index contributed by atoms with van der Waals surface area (Å²) in [5.41, 5.74) is 2.28. The molecule has 3 rings (SSSR count). The number of hydrogen-bond donors (Lipinski definition) is 1. The lowest BCUT2D eigenvalue weighted by atomic mass is 10.0. The van der Waals surface area contributed by atoms with Crippen molar-refractivity contribution in [3.05, 3.63) is 29.8 Å². The minimum absolute atomic E-state index is 0.241. The van der Waals surface area contributed by atoms with E-state index in [1.165, 1.54) is 12.0 Å². The predicted molar refractivity (Wildman–Crippen MR) is 73.4 cm³/mol. The van der Waals surface area contributed by atoms with Crippen LogP contribution in [0.15, 0.2) is 24.3 Å². The molecule has 0 aliphatic heterocycles. The van der Waals surface area contributed by atoms with E-state index in [1.807, 2.05) is 18.2 Å². The summed E-state index contributed by atoms with van der Waals surface area (Å²) in [5.74, 6) is 2.24. The normalized spacial score (nSPS) is 28.8. The molecule has 2 saturated carbocycles. The monoisotopic (exact) mass is 243 g/mol. The summed E-state index contributed by atoms with van der Waals surface area (Å²) in [6.45, 7) is 2.17. The first-order valence-electron chi connectivity index (χ1n) is 7.16. The topological polar surface area (TPSA) is 29.1 Å². The Kier molecular flexibility index (Phi) is 3.11. The van der Waals surface area contributed by atoms with Crippen molar-refractivity contribution < 1.29 is 4.79 Å². The first-order chi connectivity index (χ1) is 8.78. The summed E-state index contributed by atoms with van der Waals surface area (Å²) < 4.78 is 0. The lowest BCUT2D eigenvalue weighted by Gasteiger charge is -2.15. The lowest BCUT2D eigenvalue weighted by molar-refractivity contribution is -0.120. The van der Waals surface area contributed by atoms with Crippen LogP contribution in [0.5, 0.6) is 0 Å².